The fraction of sp³-hybridized carbons (Fsp3) is 0.222. The molecule has 0 saturated heterocycles. The molecule has 0 aliphatic rings. The minimum absolute atomic E-state index is 0.132. The van der Waals surface area contributed by atoms with Crippen molar-refractivity contribution in [2.45, 2.75) is 26.2 Å². The van der Waals surface area contributed by atoms with Gasteiger partial charge in [0.05, 0.1) is 0 Å². The molecule has 0 fully saturated rings. The van der Waals surface area contributed by atoms with Gasteiger partial charge in [-0.1, -0.05) is 31.5 Å². The third-order valence-electron chi connectivity index (χ3n) is 3.34. The van der Waals surface area contributed by atoms with Crippen LogP contribution in [0.4, 0.5) is 0 Å². The van der Waals surface area contributed by atoms with Crippen LogP contribution in [0.1, 0.15) is 40.6 Å². The fourth-order valence-electron chi connectivity index (χ4n) is 2.07. The molecule has 0 saturated carbocycles. The molecule has 4 nitrogen and oxygen atoms in total. The zero-order valence-electron chi connectivity index (χ0n) is 12.9. The van der Waals surface area contributed by atoms with Gasteiger partial charge in [-0.3, -0.25) is 4.79 Å². The number of unbranched alkanes of at least 4 members (excludes halogenated alkanes) is 1. The largest absolute Gasteiger partial charge is 0.477 e. The number of carboxylic acid groups (broad SMARTS) is 1. The van der Waals surface area contributed by atoms with Gasteiger partial charge in [-0.25, -0.2) is 4.79 Å². The highest BCUT2D eigenvalue weighted by Gasteiger charge is 2.13. The SMILES string of the molecule is CCCCc1ccc(C(=O)NC(=Cc2cccs2)C(=O)O)cc1. The minimum atomic E-state index is -1.16. The van der Waals surface area contributed by atoms with Crippen molar-refractivity contribution in [2.75, 3.05) is 0 Å². The summed E-state index contributed by atoms with van der Waals surface area (Å²) in [6.45, 7) is 2.13. The number of nitrogens with one attached hydrogen (secondary N) is 1. The molecule has 1 amide bonds. The minimum Gasteiger partial charge on any atom is -0.477 e. The van der Waals surface area contributed by atoms with E-state index in [4.69, 9.17) is 0 Å². The summed E-state index contributed by atoms with van der Waals surface area (Å²) in [5.74, 6) is -1.58. The van der Waals surface area contributed by atoms with Gasteiger partial charge in [0.25, 0.3) is 5.91 Å². The smallest absolute Gasteiger partial charge is 0.352 e. The maximum Gasteiger partial charge on any atom is 0.352 e. The number of carboxylic acids is 1. The third kappa shape index (κ3) is 5.07. The van der Waals surface area contributed by atoms with Gasteiger partial charge in [0, 0.05) is 10.4 Å². The molecule has 1 aromatic heterocycles. The van der Waals surface area contributed by atoms with Gasteiger partial charge in [0.15, 0.2) is 0 Å². The van der Waals surface area contributed by atoms with Crippen LogP contribution < -0.4 is 5.32 Å². The summed E-state index contributed by atoms with van der Waals surface area (Å²) in [6.07, 6.45) is 4.67. The lowest BCUT2D eigenvalue weighted by Gasteiger charge is -2.07. The molecule has 0 aliphatic heterocycles. The van der Waals surface area contributed by atoms with Gasteiger partial charge in [0.2, 0.25) is 0 Å². The zero-order valence-corrected chi connectivity index (χ0v) is 13.7. The highest BCUT2D eigenvalue weighted by Crippen LogP contribution is 2.13. The maximum atomic E-state index is 12.2. The van der Waals surface area contributed by atoms with E-state index in [9.17, 15) is 14.7 Å². The van der Waals surface area contributed by atoms with E-state index in [-0.39, 0.29) is 5.70 Å². The Labute approximate surface area is 139 Å². The molecule has 5 heteroatoms. The topological polar surface area (TPSA) is 66.4 Å². The number of carbonyl (C=O) groups excluding carboxylic acids is 1. The van der Waals surface area contributed by atoms with Gasteiger partial charge in [-0.05, 0) is 48.1 Å². The Hall–Kier alpha value is -2.40. The molecule has 2 rings (SSSR count). The normalized spacial score (nSPS) is 11.3. The number of carbonyl (C=O) groups is 2. The predicted molar refractivity (Wildman–Crippen MR) is 92.5 cm³/mol. The van der Waals surface area contributed by atoms with E-state index in [2.05, 4.69) is 12.2 Å². The van der Waals surface area contributed by atoms with Crippen LogP contribution >= 0.6 is 11.3 Å². The van der Waals surface area contributed by atoms with Gasteiger partial charge in [-0.2, -0.15) is 0 Å². The number of aryl methyl sites for hydroxylation is 1. The van der Waals surface area contributed by atoms with Crippen molar-refractivity contribution in [3.8, 4) is 0 Å². The standard InChI is InChI=1S/C18H19NO3S/c1-2-3-5-13-7-9-14(10-8-13)17(20)19-16(18(21)22)12-15-6-4-11-23-15/h4,6-12H,2-3,5H2,1H3,(H,19,20)(H,21,22). The maximum absolute atomic E-state index is 12.2. The first-order valence-corrected chi connectivity index (χ1v) is 8.37. The lowest BCUT2D eigenvalue weighted by atomic mass is 10.1. The molecule has 2 aromatic rings. The summed E-state index contributed by atoms with van der Waals surface area (Å²) in [6, 6.07) is 10.9. The van der Waals surface area contributed by atoms with Crippen LogP contribution in [0.2, 0.25) is 0 Å². The zero-order chi connectivity index (χ0) is 16.7. The molecular formula is C18H19NO3S. The molecular weight excluding hydrogens is 310 g/mol. The molecule has 0 radical (unpaired) electrons. The molecule has 1 heterocycles. The molecule has 120 valence electrons. The van der Waals surface area contributed by atoms with E-state index in [1.807, 2.05) is 23.6 Å². The van der Waals surface area contributed by atoms with Gasteiger partial charge in [0.1, 0.15) is 5.70 Å². The van der Waals surface area contributed by atoms with Crippen molar-refractivity contribution in [1.29, 1.82) is 0 Å². The molecule has 0 spiro atoms. The van der Waals surface area contributed by atoms with Crippen LogP contribution in [0.3, 0.4) is 0 Å². The average Bonchev–Trinajstić information content (AvgIpc) is 3.05. The third-order valence-corrected chi connectivity index (χ3v) is 4.16. The fourth-order valence-corrected chi connectivity index (χ4v) is 2.72. The molecule has 1 aromatic carbocycles. The lowest BCUT2D eigenvalue weighted by Crippen LogP contribution is -2.27. The van der Waals surface area contributed by atoms with Crippen LogP contribution in [0.15, 0.2) is 47.5 Å². The summed E-state index contributed by atoms with van der Waals surface area (Å²) in [5.41, 5.74) is 1.49. The van der Waals surface area contributed by atoms with Crippen LogP contribution in [0.25, 0.3) is 6.08 Å². The Bertz CT molecular complexity index is 688. The van der Waals surface area contributed by atoms with Crippen molar-refractivity contribution < 1.29 is 14.7 Å². The summed E-state index contributed by atoms with van der Waals surface area (Å²) in [4.78, 5) is 24.3. The van der Waals surface area contributed by atoms with E-state index in [1.165, 1.54) is 23.0 Å². The Kier molecular flexibility index (Phi) is 6.11. The molecule has 23 heavy (non-hydrogen) atoms. The first-order valence-electron chi connectivity index (χ1n) is 7.49. The Morgan fingerprint density at radius 1 is 1.22 bits per heavy atom. The number of aliphatic carboxylic acids is 1. The second-order valence-electron chi connectivity index (χ2n) is 5.13. The van der Waals surface area contributed by atoms with Crippen LogP contribution in [-0.4, -0.2) is 17.0 Å². The molecule has 0 bridgehead atoms. The quantitative estimate of drug-likeness (QED) is 0.756. The van der Waals surface area contributed by atoms with E-state index in [0.717, 1.165) is 24.1 Å². The monoisotopic (exact) mass is 329 g/mol. The highest BCUT2D eigenvalue weighted by molar-refractivity contribution is 7.10. The Balaban J connectivity index is 2.08. The molecule has 0 atom stereocenters. The molecule has 2 N–H and O–H groups in total. The van der Waals surface area contributed by atoms with Crippen molar-refractivity contribution in [3.63, 3.8) is 0 Å². The number of rotatable bonds is 7. The highest BCUT2D eigenvalue weighted by atomic mass is 32.1. The molecule has 0 aliphatic carbocycles. The summed E-state index contributed by atoms with van der Waals surface area (Å²) in [5, 5.41) is 13.5. The van der Waals surface area contributed by atoms with Crippen LogP contribution in [-0.2, 0) is 11.2 Å². The van der Waals surface area contributed by atoms with Crippen molar-refractivity contribution in [2.24, 2.45) is 0 Å². The Morgan fingerprint density at radius 3 is 2.52 bits per heavy atom. The van der Waals surface area contributed by atoms with Gasteiger partial charge < -0.3 is 10.4 Å². The Morgan fingerprint density at radius 2 is 1.96 bits per heavy atom. The summed E-state index contributed by atoms with van der Waals surface area (Å²) in [7, 11) is 0. The average molecular weight is 329 g/mol. The summed E-state index contributed by atoms with van der Waals surface area (Å²) >= 11 is 1.41. The number of thiophene rings is 1. The van der Waals surface area contributed by atoms with Crippen LogP contribution in [0.5, 0.6) is 0 Å². The second kappa shape index (κ2) is 8.29. The number of hydrogen-bond acceptors (Lipinski definition) is 3. The first-order chi connectivity index (χ1) is 11.1. The molecule has 0 unspecified atom stereocenters. The second-order valence-corrected chi connectivity index (χ2v) is 6.11. The number of benzene rings is 1. The van der Waals surface area contributed by atoms with Crippen molar-refractivity contribution in [1.82, 2.24) is 5.32 Å². The lowest BCUT2D eigenvalue weighted by molar-refractivity contribution is -0.132. The van der Waals surface area contributed by atoms with E-state index in [1.54, 1.807) is 18.2 Å². The van der Waals surface area contributed by atoms with Gasteiger partial charge >= 0.3 is 5.97 Å². The van der Waals surface area contributed by atoms with E-state index < -0.39 is 11.9 Å². The van der Waals surface area contributed by atoms with Crippen molar-refractivity contribution in [3.05, 3.63) is 63.5 Å². The van der Waals surface area contributed by atoms with Crippen molar-refractivity contribution >= 4 is 29.3 Å². The first kappa shape index (κ1) is 17.0. The predicted octanol–water partition coefficient (Wildman–Crippen LogP) is 3.95. The van der Waals surface area contributed by atoms with E-state index in [0.29, 0.717) is 5.56 Å². The number of amides is 1. The van der Waals surface area contributed by atoms with E-state index >= 15 is 0 Å². The summed E-state index contributed by atoms with van der Waals surface area (Å²) < 4.78 is 0. The van der Waals surface area contributed by atoms with Gasteiger partial charge in [-0.15, -0.1) is 11.3 Å². The number of hydrogen-bond donors (Lipinski definition) is 2. The van der Waals surface area contributed by atoms with Crippen LogP contribution in [0, 0.1) is 0 Å².